The number of carbonyl (C=O) groups is 2. The summed E-state index contributed by atoms with van der Waals surface area (Å²) in [6.45, 7) is 5.50. The molecule has 3 aromatic rings. The molecule has 1 aromatic heterocycles. The van der Waals surface area contributed by atoms with Crippen LogP contribution in [0.15, 0.2) is 54.6 Å². The third-order valence-electron chi connectivity index (χ3n) is 4.88. The van der Waals surface area contributed by atoms with Crippen LogP contribution < -0.4 is 10.1 Å². The average molecular weight is 414 g/mol. The van der Waals surface area contributed by atoms with Crippen LogP contribution in [0.4, 0.5) is 0 Å². The van der Waals surface area contributed by atoms with Crippen molar-refractivity contribution in [1.29, 1.82) is 5.26 Å². The number of ketones is 1. The van der Waals surface area contributed by atoms with Gasteiger partial charge in [0.05, 0.1) is 17.5 Å². The van der Waals surface area contributed by atoms with Gasteiger partial charge in [-0.05, 0) is 45.0 Å². The number of para-hydroxylation sites is 2. The number of nitrogens with one attached hydrogen (secondary N) is 1. The SMILES string of the molecule is CC(C)(C)NC(=O)C(C#N)C(=O)c1nn(-c2ccccc2)c2c1COc1ccccc1-2. The van der Waals surface area contributed by atoms with Crippen LogP contribution in [-0.4, -0.2) is 27.0 Å². The van der Waals surface area contributed by atoms with Crippen molar-refractivity contribution in [3.05, 3.63) is 65.9 Å². The molecule has 0 fully saturated rings. The van der Waals surface area contributed by atoms with Gasteiger partial charge in [-0.1, -0.05) is 30.3 Å². The topological polar surface area (TPSA) is 97.0 Å². The number of nitriles is 1. The van der Waals surface area contributed by atoms with Gasteiger partial charge in [0.1, 0.15) is 18.1 Å². The van der Waals surface area contributed by atoms with Gasteiger partial charge in [-0.2, -0.15) is 10.4 Å². The van der Waals surface area contributed by atoms with Gasteiger partial charge in [-0.25, -0.2) is 4.68 Å². The summed E-state index contributed by atoms with van der Waals surface area (Å²) >= 11 is 0. The molecule has 0 saturated heterocycles. The maximum atomic E-state index is 13.3. The summed E-state index contributed by atoms with van der Waals surface area (Å²) in [4.78, 5) is 25.9. The molecule has 0 spiro atoms. The summed E-state index contributed by atoms with van der Waals surface area (Å²) in [6, 6.07) is 18.8. The molecule has 0 aliphatic carbocycles. The Balaban J connectivity index is 1.85. The summed E-state index contributed by atoms with van der Waals surface area (Å²) in [6.07, 6.45) is 0. The Labute approximate surface area is 180 Å². The summed E-state index contributed by atoms with van der Waals surface area (Å²) in [5.74, 6) is -2.09. The zero-order valence-electron chi connectivity index (χ0n) is 17.5. The number of fused-ring (bicyclic) bond motifs is 3. The first-order valence-corrected chi connectivity index (χ1v) is 9.95. The number of hydrogen-bond donors (Lipinski definition) is 1. The van der Waals surface area contributed by atoms with E-state index in [1.807, 2.05) is 60.7 Å². The smallest absolute Gasteiger partial charge is 0.245 e. The minimum Gasteiger partial charge on any atom is -0.488 e. The van der Waals surface area contributed by atoms with Crippen molar-refractivity contribution in [2.75, 3.05) is 0 Å². The van der Waals surface area contributed by atoms with Crippen LogP contribution in [0.25, 0.3) is 16.9 Å². The number of ether oxygens (including phenoxy) is 1. The second kappa shape index (κ2) is 7.73. The van der Waals surface area contributed by atoms with Gasteiger partial charge in [0.15, 0.2) is 5.92 Å². The molecule has 31 heavy (non-hydrogen) atoms. The van der Waals surface area contributed by atoms with E-state index in [0.717, 1.165) is 16.9 Å². The van der Waals surface area contributed by atoms with Crippen LogP contribution in [0.2, 0.25) is 0 Å². The number of nitrogens with zero attached hydrogens (tertiary/aromatic N) is 3. The van der Waals surface area contributed by atoms with Gasteiger partial charge in [-0.3, -0.25) is 9.59 Å². The highest BCUT2D eigenvalue weighted by Crippen LogP contribution is 2.40. The van der Waals surface area contributed by atoms with Gasteiger partial charge < -0.3 is 10.1 Å². The van der Waals surface area contributed by atoms with Crippen molar-refractivity contribution in [2.45, 2.75) is 32.9 Å². The Morgan fingerprint density at radius 2 is 1.81 bits per heavy atom. The van der Waals surface area contributed by atoms with Crippen LogP contribution in [-0.2, 0) is 11.4 Å². The lowest BCUT2D eigenvalue weighted by Crippen LogP contribution is -2.45. The molecule has 4 rings (SSSR count). The van der Waals surface area contributed by atoms with E-state index in [1.54, 1.807) is 25.5 Å². The fraction of sp³-hybridized carbons (Fsp3) is 0.250. The Morgan fingerprint density at radius 1 is 1.13 bits per heavy atom. The Bertz CT molecular complexity index is 1200. The monoisotopic (exact) mass is 414 g/mol. The number of rotatable bonds is 4. The van der Waals surface area contributed by atoms with Crippen molar-refractivity contribution in [3.8, 4) is 28.8 Å². The van der Waals surface area contributed by atoms with E-state index in [4.69, 9.17) is 4.74 Å². The van der Waals surface area contributed by atoms with Gasteiger partial charge in [0.25, 0.3) is 0 Å². The summed E-state index contributed by atoms with van der Waals surface area (Å²) < 4.78 is 7.54. The van der Waals surface area contributed by atoms with Gasteiger partial charge >= 0.3 is 0 Å². The lowest BCUT2D eigenvalue weighted by atomic mass is 9.95. The van der Waals surface area contributed by atoms with Gasteiger partial charge in [0.2, 0.25) is 11.7 Å². The first-order valence-electron chi connectivity index (χ1n) is 9.95. The lowest BCUT2D eigenvalue weighted by Gasteiger charge is -2.22. The molecular formula is C24H22N4O3. The number of benzene rings is 2. The minimum atomic E-state index is -1.50. The second-order valence-electron chi connectivity index (χ2n) is 8.37. The Hall–Kier alpha value is -3.92. The average Bonchev–Trinajstić information content (AvgIpc) is 3.14. The van der Waals surface area contributed by atoms with Crippen molar-refractivity contribution >= 4 is 11.7 Å². The number of carbonyl (C=O) groups excluding carboxylic acids is 2. The molecule has 2 heterocycles. The lowest BCUT2D eigenvalue weighted by molar-refractivity contribution is -0.123. The van der Waals surface area contributed by atoms with Crippen molar-refractivity contribution in [2.24, 2.45) is 5.92 Å². The molecule has 0 saturated carbocycles. The van der Waals surface area contributed by atoms with Crippen LogP contribution in [0.5, 0.6) is 5.75 Å². The van der Waals surface area contributed by atoms with E-state index in [-0.39, 0.29) is 12.3 Å². The highest BCUT2D eigenvalue weighted by Gasteiger charge is 2.36. The molecule has 1 aliphatic rings. The highest BCUT2D eigenvalue weighted by molar-refractivity contribution is 6.12. The van der Waals surface area contributed by atoms with E-state index >= 15 is 0 Å². The first-order chi connectivity index (χ1) is 14.8. The highest BCUT2D eigenvalue weighted by atomic mass is 16.5. The molecule has 2 aromatic carbocycles. The van der Waals surface area contributed by atoms with Gasteiger partial charge in [0, 0.05) is 16.7 Å². The van der Waals surface area contributed by atoms with Crippen LogP contribution >= 0.6 is 0 Å². The summed E-state index contributed by atoms with van der Waals surface area (Å²) in [7, 11) is 0. The molecule has 7 heteroatoms. The largest absolute Gasteiger partial charge is 0.488 e. The van der Waals surface area contributed by atoms with E-state index in [9.17, 15) is 14.9 Å². The molecular weight excluding hydrogens is 392 g/mol. The fourth-order valence-corrected chi connectivity index (χ4v) is 3.57. The third kappa shape index (κ3) is 3.80. The zero-order chi connectivity index (χ0) is 22.2. The summed E-state index contributed by atoms with van der Waals surface area (Å²) in [5, 5.41) is 16.9. The van der Waals surface area contributed by atoms with E-state index < -0.39 is 23.1 Å². The fourth-order valence-electron chi connectivity index (χ4n) is 3.57. The normalized spacial score (nSPS) is 13.2. The molecule has 1 atom stereocenters. The van der Waals surface area contributed by atoms with Crippen LogP contribution in [0, 0.1) is 17.2 Å². The number of hydrogen-bond acceptors (Lipinski definition) is 5. The molecule has 0 bridgehead atoms. The van der Waals surface area contributed by atoms with Crippen LogP contribution in [0.1, 0.15) is 36.8 Å². The second-order valence-corrected chi connectivity index (χ2v) is 8.37. The number of Topliss-reactive ketones (excluding diaryl/α,β-unsaturated/α-hetero) is 1. The molecule has 156 valence electrons. The van der Waals surface area contributed by atoms with Crippen molar-refractivity contribution in [3.63, 3.8) is 0 Å². The van der Waals surface area contributed by atoms with E-state index in [1.165, 1.54) is 0 Å². The Morgan fingerprint density at radius 3 is 2.48 bits per heavy atom. The number of amides is 1. The molecule has 1 amide bonds. The third-order valence-corrected chi connectivity index (χ3v) is 4.88. The molecule has 0 radical (unpaired) electrons. The maximum absolute atomic E-state index is 13.3. The van der Waals surface area contributed by atoms with Crippen LogP contribution in [0.3, 0.4) is 0 Å². The molecule has 1 N–H and O–H groups in total. The maximum Gasteiger partial charge on any atom is 0.245 e. The molecule has 1 unspecified atom stereocenters. The molecule has 1 aliphatic heterocycles. The van der Waals surface area contributed by atoms with Crippen molar-refractivity contribution in [1.82, 2.24) is 15.1 Å². The minimum absolute atomic E-state index is 0.0731. The predicted molar refractivity (Wildman–Crippen MR) is 115 cm³/mol. The molecule has 7 nitrogen and oxygen atoms in total. The predicted octanol–water partition coefficient (Wildman–Crippen LogP) is 3.67. The quantitative estimate of drug-likeness (QED) is 0.519. The van der Waals surface area contributed by atoms with Gasteiger partial charge in [-0.15, -0.1) is 0 Å². The summed E-state index contributed by atoms with van der Waals surface area (Å²) in [5.41, 5.74) is 2.36. The Kier molecular flexibility index (Phi) is 5.07. The first kappa shape index (κ1) is 20.4. The van der Waals surface area contributed by atoms with Crippen molar-refractivity contribution < 1.29 is 14.3 Å². The standard InChI is InChI=1S/C24H22N4O3/c1-24(2,3)26-23(30)17(13-25)22(29)20-18-14-31-19-12-8-7-11-16(19)21(18)28(27-20)15-9-5-4-6-10-15/h4-12,17H,14H2,1-3H3,(H,26,30). The number of aromatic nitrogens is 2. The van der Waals surface area contributed by atoms with E-state index in [0.29, 0.717) is 11.3 Å². The zero-order valence-corrected chi connectivity index (χ0v) is 17.5. The van der Waals surface area contributed by atoms with E-state index in [2.05, 4.69) is 10.4 Å².